The van der Waals surface area contributed by atoms with Gasteiger partial charge in [-0.05, 0) is 24.6 Å². The van der Waals surface area contributed by atoms with E-state index in [0.29, 0.717) is 0 Å². The van der Waals surface area contributed by atoms with E-state index in [9.17, 15) is 0 Å². The normalized spacial score (nSPS) is 18.8. The summed E-state index contributed by atoms with van der Waals surface area (Å²) in [4.78, 5) is 2.35. The molecule has 0 N–H and O–H groups in total. The molecule has 0 amide bonds. The van der Waals surface area contributed by atoms with Gasteiger partial charge in [0.15, 0.2) is 0 Å². The molecule has 1 heterocycles. The summed E-state index contributed by atoms with van der Waals surface area (Å²) < 4.78 is 5.88. The predicted molar refractivity (Wildman–Crippen MR) is 78.4 cm³/mol. The largest absolute Gasteiger partial charge is 0.356 e. The highest BCUT2D eigenvalue weighted by Gasteiger charge is 2.25. The lowest BCUT2D eigenvalue weighted by molar-refractivity contribution is 0.113. The van der Waals surface area contributed by atoms with Gasteiger partial charge in [0, 0.05) is 18.7 Å². The summed E-state index contributed by atoms with van der Waals surface area (Å²) >= 11 is 0. The molecule has 1 fully saturated rings. The minimum Gasteiger partial charge on any atom is -0.356 e. The maximum Gasteiger partial charge on any atom is 0.134 e. The third-order valence-electron chi connectivity index (χ3n) is 3.61. The van der Waals surface area contributed by atoms with Gasteiger partial charge in [0.1, 0.15) is 6.23 Å². The van der Waals surface area contributed by atoms with Gasteiger partial charge in [-0.25, -0.2) is 0 Å². The zero-order valence-corrected chi connectivity index (χ0v) is 11.3. The maximum atomic E-state index is 5.88. The van der Waals surface area contributed by atoms with Crippen LogP contribution in [0.3, 0.4) is 0 Å². The van der Waals surface area contributed by atoms with Crippen molar-refractivity contribution in [2.45, 2.75) is 19.6 Å². The van der Waals surface area contributed by atoms with Crippen molar-refractivity contribution in [3.8, 4) is 0 Å². The van der Waals surface area contributed by atoms with Gasteiger partial charge >= 0.3 is 0 Å². The molecule has 0 aromatic heterocycles. The average Bonchev–Trinajstić information content (AvgIpc) is 2.89. The van der Waals surface area contributed by atoms with Gasteiger partial charge in [-0.1, -0.05) is 48.0 Å². The fraction of sp³-hybridized carbons (Fsp3) is 0.294. The molecule has 3 rings (SSSR count). The van der Waals surface area contributed by atoms with Crippen LogP contribution in [-0.4, -0.2) is 19.4 Å². The van der Waals surface area contributed by atoms with Crippen molar-refractivity contribution in [1.82, 2.24) is 0 Å². The fourth-order valence-electron chi connectivity index (χ4n) is 2.54. The Kier molecular flexibility index (Phi) is 3.51. The molecule has 2 aromatic rings. The van der Waals surface area contributed by atoms with Crippen molar-refractivity contribution in [2.75, 3.05) is 18.1 Å². The van der Waals surface area contributed by atoms with Crippen molar-refractivity contribution in [3.05, 3.63) is 65.7 Å². The zero-order valence-electron chi connectivity index (χ0n) is 11.3. The standard InChI is InChI=1S/C17H19NO/c1-14-7-9-16(10-8-14)18-11-12-19-17(18)13-15-5-3-2-4-6-15/h2-10,17H,11-13H2,1H3. The predicted octanol–water partition coefficient (Wildman–Crippen LogP) is 3.40. The zero-order chi connectivity index (χ0) is 13.1. The molecule has 1 atom stereocenters. The van der Waals surface area contributed by atoms with Crippen LogP contribution in [-0.2, 0) is 11.2 Å². The first-order valence-corrected chi connectivity index (χ1v) is 6.82. The molecule has 1 aliphatic rings. The summed E-state index contributed by atoms with van der Waals surface area (Å²) in [7, 11) is 0. The minimum atomic E-state index is 0.158. The molecule has 0 bridgehead atoms. The summed E-state index contributed by atoms with van der Waals surface area (Å²) in [5.41, 5.74) is 3.87. The monoisotopic (exact) mass is 253 g/mol. The van der Waals surface area contributed by atoms with E-state index in [-0.39, 0.29) is 6.23 Å². The first-order chi connectivity index (χ1) is 9.33. The van der Waals surface area contributed by atoms with E-state index in [2.05, 4.69) is 66.4 Å². The Hall–Kier alpha value is -1.80. The third kappa shape index (κ3) is 2.79. The van der Waals surface area contributed by atoms with E-state index in [0.717, 1.165) is 19.6 Å². The van der Waals surface area contributed by atoms with E-state index >= 15 is 0 Å². The molecule has 2 aromatic carbocycles. The molecule has 2 heteroatoms. The van der Waals surface area contributed by atoms with E-state index in [4.69, 9.17) is 4.74 Å². The smallest absolute Gasteiger partial charge is 0.134 e. The second kappa shape index (κ2) is 5.45. The van der Waals surface area contributed by atoms with Crippen molar-refractivity contribution in [2.24, 2.45) is 0 Å². The molecular weight excluding hydrogens is 234 g/mol. The van der Waals surface area contributed by atoms with Gasteiger partial charge in [-0.2, -0.15) is 0 Å². The molecule has 1 unspecified atom stereocenters. The number of aryl methyl sites for hydroxylation is 1. The van der Waals surface area contributed by atoms with E-state index < -0.39 is 0 Å². The molecule has 0 aliphatic carbocycles. The third-order valence-corrected chi connectivity index (χ3v) is 3.61. The van der Waals surface area contributed by atoms with Gasteiger partial charge in [-0.15, -0.1) is 0 Å². The Bertz CT molecular complexity index is 521. The van der Waals surface area contributed by atoms with Gasteiger partial charge < -0.3 is 9.64 Å². The summed E-state index contributed by atoms with van der Waals surface area (Å²) in [5.74, 6) is 0. The van der Waals surface area contributed by atoms with Crippen molar-refractivity contribution in [1.29, 1.82) is 0 Å². The Balaban J connectivity index is 1.76. The molecular formula is C17H19NO. The van der Waals surface area contributed by atoms with Crippen LogP contribution in [0.25, 0.3) is 0 Å². The molecule has 0 radical (unpaired) electrons. The summed E-state index contributed by atoms with van der Waals surface area (Å²) in [6.45, 7) is 3.90. The highest BCUT2D eigenvalue weighted by Crippen LogP contribution is 2.24. The number of nitrogens with zero attached hydrogens (tertiary/aromatic N) is 1. The quantitative estimate of drug-likeness (QED) is 0.831. The van der Waals surface area contributed by atoms with Gasteiger partial charge in [0.05, 0.1) is 6.61 Å². The van der Waals surface area contributed by atoms with Crippen LogP contribution in [0.1, 0.15) is 11.1 Å². The maximum absolute atomic E-state index is 5.88. The molecule has 19 heavy (non-hydrogen) atoms. The minimum absolute atomic E-state index is 0.158. The van der Waals surface area contributed by atoms with Crippen LogP contribution >= 0.6 is 0 Å². The molecule has 98 valence electrons. The number of rotatable bonds is 3. The highest BCUT2D eigenvalue weighted by atomic mass is 16.5. The van der Waals surface area contributed by atoms with E-state index in [1.165, 1.54) is 16.8 Å². The molecule has 2 nitrogen and oxygen atoms in total. The Morgan fingerprint density at radius 3 is 2.53 bits per heavy atom. The van der Waals surface area contributed by atoms with Crippen molar-refractivity contribution in [3.63, 3.8) is 0 Å². The van der Waals surface area contributed by atoms with Crippen LogP contribution in [0.5, 0.6) is 0 Å². The SMILES string of the molecule is Cc1ccc(N2CCOC2Cc2ccccc2)cc1. The first kappa shape index (κ1) is 12.2. The summed E-state index contributed by atoms with van der Waals surface area (Å²) in [5, 5.41) is 0. The Morgan fingerprint density at radius 2 is 1.79 bits per heavy atom. The lowest BCUT2D eigenvalue weighted by Crippen LogP contribution is -2.31. The van der Waals surface area contributed by atoms with Gasteiger partial charge in [0.2, 0.25) is 0 Å². The number of anilines is 1. The van der Waals surface area contributed by atoms with Crippen LogP contribution in [0, 0.1) is 6.92 Å². The van der Waals surface area contributed by atoms with Gasteiger partial charge in [0.25, 0.3) is 0 Å². The Labute approximate surface area is 114 Å². The fourth-order valence-corrected chi connectivity index (χ4v) is 2.54. The molecule has 1 aliphatic heterocycles. The van der Waals surface area contributed by atoms with Crippen LogP contribution in [0.4, 0.5) is 5.69 Å². The van der Waals surface area contributed by atoms with E-state index in [1.54, 1.807) is 0 Å². The molecule has 0 saturated carbocycles. The van der Waals surface area contributed by atoms with Crippen molar-refractivity contribution < 1.29 is 4.74 Å². The second-order valence-electron chi connectivity index (χ2n) is 5.04. The van der Waals surface area contributed by atoms with Crippen LogP contribution in [0.15, 0.2) is 54.6 Å². The summed E-state index contributed by atoms with van der Waals surface area (Å²) in [6, 6.07) is 19.2. The number of hydrogen-bond donors (Lipinski definition) is 0. The van der Waals surface area contributed by atoms with Crippen LogP contribution < -0.4 is 4.90 Å². The lowest BCUT2D eigenvalue weighted by atomic mass is 10.1. The number of benzene rings is 2. The molecule has 0 spiro atoms. The van der Waals surface area contributed by atoms with Gasteiger partial charge in [-0.3, -0.25) is 0 Å². The van der Waals surface area contributed by atoms with Crippen molar-refractivity contribution >= 4 is 5.69 Å². The highest BCUT2D eigenvalue weighted by molar-refractivity contribution is 5.49. The average molecular weight is 253 g/mol. The number of ether oxygens (including phenoxy) is 1. The van der Waals surface area contributed by atoms with E-state index in [1.807, 2.05) is 0 Å². The summed E-state index contributed by atoms with van der Waals surface area (Å²) in [6.07, 6.45) is 1.10. The second-order valence-corrected chi connectivity index (χ2v) is 5.04. The topological polar surface area (TPSA) is 12.5 Å². The molecule has 1 saturated heterocycles. The van der Waals surface area contributed by atoms with Crippen LogP contribution in [0.2, 0.25) is 0 Å². The number of hydrogen-bond acceptors (Lipinski definition) is 2. The lowest BCUT2D eigenvalue weighted by Gasteiger charge is -2.25. The first-order valence-electron chi connectivity index (χ1n) is 6.82. The Morgan fingerprint density at radius 1 is 1.05 bits per heavy atom.